The molecule has 5 heteroatoms. The van der Waals surface area contributed by atoms with Gasteiger partial charge in [0.2, 0.25) is 0 Å². The van der Waals surface area contributed by atoms with E-state index in [0.717, 1.165) is 6.07 Å². The van der Waals surface area contributed by atoms with Gasteiger partial charge in [0.05, 0.1) is 0 Å². The zero-order valence-electron chi connectivity index (χ0n) is 10.1. The summed E-state index contributed by atoms with van der Waals surface area (Å²) >= 11 is 11.8. The molecule has 0 bridgehead atoms. The summed E-state index contributed by atoms with van der Waals surface area (Å²) < 4.78 is 26.3. The maximum absolute atomic E-state index is 13.1. The highest BCUT2D eigenvalue weighted by Crippen LogP contribution is 2.26. The number of anilines is 1. The quantitative estimate of drug-likeness (QED) is 0.795. The van der Waals surface area contributed by atoms with Crippen LogP contribution >= 0.6 is 23.2 Å². The van der Waals surface area contributed by atoms with E-state index in [1.54, 1.807) is 25.1 Å². The lowest BCUT2D eigenvalue weighted by atomic mass is 10.1. The Morgan fingerprint density at radius 1 is 0.895 bits per heavy atom. The predicted molar refractivity (Wildman–Crippen MR) is 74.9 cm³/mol. The van der Waals surface area contributed by atoms with Crippen LogP contribution in [0.3, 0.4) is 0 Å². The monoisotopic (exact) mass is 301 g/mol. The first-order valence-corrected chi connectivity index (χ1v) is 6.38. The largest absolute Gasteiger partial charge is 0.378 e. The lowest BCUT2D eigenvalue weighted by Crippen LogP contribution is -2.07. The number of hydrogen-bond donors (Lipinski definition) is 1. The molecular weight excluding hydrogens is 291 g/mol. The average Bonchev–Trinajstić information content (AvgIpc) is 2.25. The third kappa shape index (κ3) is 3.82. The molecule has 0 radical (unpaired) electrons. The van der Waals surface area contributed by atoms with E-state index in [1.807, 2.05) is 0 Å². The molecular formula is C14H11Cl2F2N. The van der Waals surface area contributed by atoms with Crippen molar-refractivity contribution in [2.75, 3.05) is 5.32 Å². The second-order valence-electron chi connectivity index (χ2n) is 4.23. The number of benzene rings is 2. The van der Waals surface area contributed by atoms with Gasteiger partial charge >= 0.3 is 0 Å². The van der Waals surface area contributed by atoms with Gasteiger partial charge in [-0.15, -0.1) is 0 Å². The first-order valence-electron chi connectivity index (χ1n) is 5.62. The van der Waals surface area contributed by atoms with Crippen LogP contribution in [0.4, 0.5) is 14.5 Å². The van der Waals surface area contributed by atoms with Crippen molar-refractivity contribution in [2.24, 2.45) is 0 Å². The van der Waals surface area contributed by atoms with E-state index in [0.29, 0.717) is 21.3 Å². The lowest BCUT2D eigenvalue weighted by molar-refractivity contribution is 0.577. The second kappa shape index (κ2) is 5.76. The third-order valence-electron chi connectivity index (χ3n) is 2.63. The molecule has 0 aliphatic rings. The maximum Gasteiger partial charge on any atom is 0.126 e. The fourth-order valence-corrected chi connectivity index (χ4v) is 2.32. The standard InChI is InChI=1S/C14H11Cl2F2N/c1-8(9-2-12(17)7-13(18)3-9)19-14-5-10(15)4-11(16)6-14/h2-8,19H,1H3. The van der Waals surface area contributed by atoms with Gasteiger partial charge in [0.15, 0.2) is 0 Å². The van der Waals surface area contributed by atoms with Crippen LogP contribution in [0.2, 0.25) is 10.0 Å². The predicted octanol–water partition coefficient (Wildman–Crippen LogP) is 5.44. The molecule has 100 valence electrons. The van der Waals surface area contributed by atoms with Crippen LogP contribution in [-0.4, -0.2) is 0 Å². The first kappa shape index (κ1) is 14.1. The van der Waals surface area contributed by atoms with E-state index < -0.39 is 11.6 Å². The van der Waals surface area contributed by atoms with Gasteiger partial charge in [0.25, 0.3) is 0 Å². The minimum absolute atomic E-state index is 0.278. The minimum atomic E-state index is -0.604. The molecule has 0 aliphatic carbocycles. The van der Waals surface area contributed by atoms with E-state index in [1.165, 1.54) is 12.1 Å². The van der Waals surface area contributed by atoms with E-state index in [-0.39, 0.29) is 6.04 Å². The minimum Gasteiger partial charge on any atom is -0.378 e. The van der Waals surface area contributed by atoms with Crippen molar-refractivity contribution in [1.82, 2.24) is 0 Å². The molecule has 0 aromatic heterocycles. The molecule has 0 saturated heterocycles. The van der Waals surface area contributed by atoms with Crippen molar-refractivity contribution in [2.45, 2.75) is 13.0 Å². The van der Waals surface area contributed by atoms with E-state index >= 15 is 0 Å². The van der Waals surface area contributed by atoms with Crippen molar-refractivity contribution >= 4 is 28.9 Å². The van der Waals surface area contributed by atoms with Crippen LogP contribution in [0.1, 0.15) is 18.5 Å². The van der Waals surface area contributed by atoms with Gasteiger partial charge in [-0.2, -0.15) is 0 Å². The highest BCUT2D eigenvalue weighted by Gasteiger charge is 2.09. The highest BCUT2D eigenvalue weighted by molar-refractivity contribution is 6.35. The molecule has 2 rings (SSSR count). The highest BCUT2D eigenvalue weighted by atomic mass is 35.5. The zero-order chi connectivity index (χ0) is 14.0. The van der Waals surface area contributed by atoms with Crippen molar-refractivity contribution in [3.63, 3.8) is 0 Å². The third-order valence-corrected chi connectivity index (χ3v) is 3.07. The molecule has 2 aromatic rings. The van der Waals surface area contributed by atoms with E-state index in [9.17, 15) is 8.78 Å². The Kier molecular flexibility index (Phi) is 4.27. The van der Waals surface area contributed by atoms with Gasteiger partial charge in [0.1, 0.15) is 11.6 Å². The number of rotatable bonds is 3. The number of hydrogen-bond acceptors (Lipinski definition) is 1. The second-order valence-corrected chi connectivity index (χ2v) is 5.10. The summed E-state index contributed by atoms with van der Waals surface area (Å²) in [5.74, 6) is -1.21. The molecule has 0 aliphatic heterocycles. The van der Waals surface area contributed by atoms with Gasteiger partial charge in [0, 0.05) is 27.8 Å². The Morgan fingerprint density at radius 3 is 1.95 bits per heavy atom. The van der Waals surface area contributed by atoms with Crippen molar-refractivity contribution in [3.05, 3.63) is 63.6 Å². The van der Waals surface area contributed by atoms with Gasteiger partial charge in [-0.05, 0) is 42.8 Å². The van der Waals surface area contributed by atoms with E-state index in [2.05, 4.69) is 5.32 Å². The molecule has 0 saturated carbocycles. The Bertz CT molecular complexity index is 561. The van der Waals surface area contributed by atoms with Crippen molar-refractivity contribution < 1.29 is 8.78 Å². The van der Waals surface area contributed by atoms with Crippen LogP contribution < -0.4 is 5.32 Å². The number of nitrogens with one attached hydrogen (secondary N) is 1. The molecule has 1 unspecified atom stereocenters. The SMILES string of the molecule is CC(Nc1cc(Cl)cc(Cl)c1)c1cc(F)cc(F)c1. The summed E-state index contributed by atoms with van der Waals surface area (Å²) in [7, 11) is 0. The molecule has 1 nitrogen and oxygen atoms in total. The summed E-state index contributed by atoms with van der Waals surface area (Å²) in [6.45, 7) is 1.79. The molecule has 0 fully saturated rings. The number of halogens is 4. The summed E-state index contributed by atoms with van der Waals surface area (Å²) in [6.07, 6.45) is 0. The van der Waals surface area contributed by atoms with Crippen molar-refractivity contribution in [3.8, 4) is 0 Å². The van der Waals surface area contributed by atoms with Gasteiger partial charge in [-0.3, -0.25) is 0 Å². The van der Waals surface area contributed by atoms with Gasteiger partial charge < -0.3 is 5.32 Å². The average molecular weight is 302 g/mol. The molecule has 0 heterocycles. The fourth-order valence-electron chi connectivity index (χ4n) is 1.80. The van der Waals surface area contributed by atoms with Crippen LogP contribution in [0.15, 0.2) is 36.4 Å². The van der Waals surface area contributed by atoms with Gasteiger partial charge in [-0.1, -0.05) is 23.2 Å². The fraction of sp³-hybridized carbons (Fsp3) is 0.143. The zero-order valence-corrected chi connectivity index (χ0v) is 11.6. The lowest BCUT2D eigenvalue weighted by Gasteiger charge is -2.16. The van der Waals surface area contributed by atoms with E-state index in [4.69, 9.17) is 23.2 Å². The van der Waals surface area contributed by atoms with Crippen LogP contribution in [0, 0.1) is 11.6 Å². The Morgan fingerprint density at radius 2 is 1.42 bits per heavy atom. The Labute approximate surface area is 120 Å². The Hall–Kier alpha value is -1.32. The molecule has 2 aromatic carbocycles. The summed E-state index contributed by atoms with van der Waals surface area (Å²) in [5, 5.41) is 4.08. The van der Waals surface area contributed by atoms with Crippen LogP contribution in [0.5, 0.6) is 0 Å². The molecule has 0 spiro atoms. The summed E-state index contributed by atoms with van der Waals surface area (Å²) in [4.78, 5) is 0. The molecule has 1 N–H and O–H groups in total. The smallest absolute Gasteiger partial charge is 0.126 e. The molecule has 19 heavy (non-hydrogen) atoms. The van der Waals surface area contributed by atoms with Crippen LogP contribution in [-0.2, 0) is 0 Å². The summed E-state index contributed by atoms with van der Waals surface area (Å²) in [6, 6.07) is 8.13. The van der Waals surface area contributed by atoms with Crippen LogP contribution in [0.25, 0.3) is 0 Å². The maximum atomic E-state index is 13.1. The topological polar surface area (TPSA) is 12.0 Å². The molecule has 1 atom stereocenters. The normalized spacial score (nSPS) is 12.3. The van der Waals surface area contributed by atoms with Gasteiger partial charge in [-0.25, -0.2) is 8.78 Å². The summed E-state index contributed by atoms with van der Waals surface area (Å²) in [5.41, 5.74) is 1.20. The molecule has 0 amide bonds. The Balaban J connectivity index is 2.22. The first-order chi connectivity index (χ1) is 8.94. The van der Waals surface area contributed by atoms with Crippen molar-refractivity contribution in [1.29, 1.82) is 0 Å².